The number of sulfone groups is 1. The molecule has 160 valence electrons. The quantitative estimate of drug-likeness (QED) is 0.554. The van der Waals surface area contributed by atoms with Gasteiger partial charge in [0.15, 0.2) is 0 Å². The summed E-state index contributed by atoms with van der Waals surface area (Å²) in [5, 5.41) is 10.4. The lowest BCUT2D eigenvalue weighted by Gasteiger charge is -2.13. The highest BCUT2D eigenvalue weighted by Gasteiger charge is 2.25. The Bertz CT molecular complexity index is 1190. The molecule has 0 unspecified atom stereocenters. The fourth-order valence-corrected chi connectivity index (χ4v) is 3.46. The number of hydrogen-bond donors (Lipinski definition) is 2. The van der Waals surface area contributed by atoms with Gasteiger partial charge in [0.2, 0.25) is 5.95 Å². The highest BCUT2D eigenvalue weighted by Crippen LogP contribution is 2.32. The minimum atomic E-state index is -3.25. The van der Waals surface area contributed by atoms with E-state index in [0.717, 1.165) is 25.3 Å². The molecule has 2 N–H and O–H groups in total. The molecule has 1 aliphatic rings. The summed E-state index contributed by atoms with van der Waals surface area (Å²) in [7, 11) is -3.25. The van der Waals surface area contributed by atoms with Crippen molar-refractivity contribution in [3.8, 4) is 0 Å². The van der Waals surface area contributed by atoms with Crippen LogP contribution >= 0.6 is 0 Å². The second-order valence-electron chi connectivity index (χ2n) is 7.20. The third-order valence-corrected chi connectivity index (χ3v) is 5.57. The number of aromatic nitrogens is 4. The molecule has 0 saturated heterocycles. The summed E-state index contributed by atoms with van der Waals surface area (Å²) in [6.45, 7) is -0.00223. The van der Waals surface area contributed by atoms with Crippen LogP contribution in [0.15, 0.2) is 24.5 Å². The van der Waals surface area contributed by atoms with Crippen LogP contribution in [0.25, 0.3) is 10.9 Å². The zero-order valence-electron chi connectivity index (χ0n) is 15.9. The molecule has 12 heteroatoms. The number of rotatable bonds is 8. The van der Waals surface area contributed by atoms with E-state index in [2.05, 4.69) is 25.7 Å². The molecule has 1 fully saturated rings. The first-order chi connectivity index (χ1) is 14.2. The Morgan fingerprint density at radius 2 is 2.03 bits per heavy atom. The van der Waals surface area contributed by atoms with Crippen LogP contribution in [0.1, 0.15) is 24.8 Å². The zero-order valence-corrected chi connectivity index (χ0v) is 16.8. The number of alkyl halides is 2. The molecule has 2 aromatic heterocycles. The van der Waals surface area contributed by atoms with Gasteiger partial charge < -0.3 is 10.6 Å². The average molecular weight is 440 g/mol. The molecule has 0 radical (unpaired) electrons. The number of aryl methyl sites for hydroxylation is 1. The van der Waals surface area contributed by atoms with Crippen molar-refractivity contribution >= 4 is 38.2 Å². The maximum atomic E-state index is 14.4. The number of nitrogens with one attached hydrogen (secondary N) is 2. The molecule has 1 saturated carbocycles. The van der Waals surface area contributed by atoms with Crippen molar-refractivity contribution in [3.63, 3.8) is 0 Å². The smallest absolute Gasteiger partial charge is 0.268 e. The summed E-state index contributed by atoms with van der Waals surface area (Å²) >= 11 is 0. The molecule has 2 heterocycles. The van der Waals surface area contributed by atoms with Gasteiger partial charge in [0, 0.05) is 23.9 Å². The van der Waals surface area contributed by atoms with Gasteiger partial charge in [-0.05, 0) is 25.0 Å². The van der Waals surface area contributed by atoms with Gasteiger partial charge in [0.25, 0.3) is 6.43 Å². The van der Waals surface area contributed by atoms with E-state index in [0.29, 0.717) is 11.1 Å². The molecule has 4 rings (SSSR count). The Balaban J connectivity index is 1.65. The second-order valence-corrected chi connectivity index (χ2v) is 9.46. The summed E-state index contributed by atoms with van der Waals surface area (Å²) in [4.78, 5) is 8.11. The first-order valence-corrected chi connectivity index (χ1v) is 11.3. The van der Waals surface area contributed by atoms with Crippen molar-refractivity contribution in [1.82, 2.24) is 19.7 Å². The molecule has 1 aromatic carbocycles. The molecule has 3 aromatic rings. The van der Waals surface area contributed by atoms with Crippen molar-refractivity contribution < 1.29 is 21.6 Å². The largest absolute Gasteiger partial charge is 0.367 e. The summed E-state index contributed by atoms with van der Waals surface area (Å²) in [6.07, 6.45) is 2.61. The van der Waals surface area contributed by atoms with Gasteiger partial charge >= 0.3 is 0 Å². The molecule has 30 heavy (non-hydrogen) atoms. The van der Waals surface area contributed by atoms with Crippen LogP contribution in [0.4, 0.5) is 30.6 Å². The monoisotopic (exact) mass is 440 g/mol. The number of fused-ring (bicyclic) bond motifs is 1. The van der Waals surface area contributed by atoms with Crippen molar-refractivity contribution in [2.75, 3.05) is 22.6 Å². The van der Waals surface area contributed by atoms with Gasteiger partial charge in [-0.15, -0.1) is 0 Å². The molecular weight excluding hydrogens is 421 g/mol. The van der Waals surface area contributed by atoms with Crippen LogP contribution in [-0.4, -0.2) is 46.2 Å². The summed E-state index contributed by atoms with van der Waals surface area (Å²) in [5.74, 6) is -0.618. The lowest BCUT2D eigenvalue weighted by Crippen LogP contribution is -2.12. The number of anilines is 3. The zero-order chi connectivity index (χ0) is 21.5. The molecule has 0 amide bonds. The molecule has 0 aliphatic heterocycles. The molecular formula is C18H19F3N6O2S. The van der Waals surface area contributed by atoms with Crippen LogP contribution in [-0.2, 0) is 16.4 Å². The number of nitrogens with zero attached hydrogens (tertiary/aromatic N) is 4. The maximum Gasteiger partial charge on any atom is 0.268 e. The SMILES string of the molecule is CS(=O)(=O)CCn1ncc2c(Nc3ncc(C(F)F)c(NC4CC4)n3)ccc(F)c21. The van der Waals surface area contributed by atoms with Crippen LogP contribution in [0.5, 0.6) is 0 Å². The molecule has 8 nitrogen and oxygen atoms in total. The second kappa shape index (κ2) is 7.74. The molecule has 1 aliphatic carbocycles. The van der Waals surface area contributed by atoms with E-state index in [9.17, 15) is 21.6 Å². The first kappa shape index (κ1) is 20.4. The van der Waals surface area contributed by atoms with Gasteiger partial charge in [-0.3, -0.25) is 4.68 Å². The van der Waals surface area contributed by atoms with E-state index in [1.165, 1.54) is 23.0 Å². The molecule has 0 atom stereocenters. The van der Waals surface area contributed by atoms with Gasteiger partial charge in [-0.1, -0.05) is 0 Å². The fraction of sp³-hybridized carbons (Fsp3) is 0.389. The molecule has 0 spiro atoms. The van der Waals surface area contributed by atoms with Crippen LogP contribution in [0.3, 0.4) is 0 Å². The van der Waals surface area contributed by atoms with Crippen LogP contribution in [0.2, 0.25) is 0 Å². The summed E-state index contributed by atoms with van der Waals surface area (Å²) in [6, 6.07) is 2.79. The van der Waals surface area contributed by atoms with Crippen molar-refractivity contribution in [2.24, 2.45) is 0 Å². The van der Waals surface area contributed by atoms with Crippen LogP contribution in [0, 0.1) is 5.82 Å². The first-order valence-electron chi connectivity index (χ1n) is 9.21. The van der Waals surface area contributed by atoms with Crippen molar-refractivity contribution in [3.05, 3.63) is 35.9 Å². The van der Waals surface area contributed by atoms with Gasteiger partial charge in [-0.2, -0.15) is 10.1 Å². The van der Waals surface area contributed by atoms with E-state index < -0.39 is 22.1 Å². The van der Waals surface area contributed by atoms with Gasteiger partial charge in [0.05, 0.1) is 29.7 Å². The van der Waals surface area contributed by atoms with E-state index in [1.54, 1.807) is 0 Å². The Morgan fingerprint density at radius 1 is 1.27 bits per heavy atom. The Hall–Kier alpha value is -2.89. The fourth-order valence-electron chi connectivity index (χ4n) is 2.96. The van der Waals surface area contributed by atoms with E-state index >= 15 is 0 Å². The van der Waals surface area contributed by atoms with Gasteiger partial charge in [0.1, 0.15) is 27.0 Å². The third-order valence-electron chi connectivity index (χ3n) is 4.64. The Morgan fingerprint density at radius 3 is 2.70 bits per heavy atom. The lowest BCUT2D eigenvalue weighted by molar-refractivity contribution is 0.151. The van der Waals surface area contributed by atoms with Crippen molar-refractivity contribution in [1.29, 1.82) is 0 Å². The predicted octanol–water partition coefficient (Wildman–Crippen LogP) is 3.27. The topological polar surface area (TPSA) is 102 Å². The Labute approximate surface area is 170 Å². The normalized spacial score (nSPS) is 14.4. The minimum Gasteiger partial charge on any atom is -0.367 e. The van der Waals surface area contributed by atoms with E-state index in [1.807, 2.05) is 0 Å². The van der Waals surface area contributed by atoms with Crippen molar-refractivity contribution in [2.45, 2.75) is 31.9 Å². The maximum absolute atomic E-state index is 14.4. The Kier molecular flexibility index (Phi) is 5.26. The third kappa shape index (κ3) is 4.48. The minimum absolute atomic E-state index is 0.00223. The van der Waals surface area contributed by atoms with E-state index in [-0.39, 0.29) is 41.2 Å². The van der Waals surface area contributed by atoms with Gasteiger partial charge in [-0.25, -0.2) is 26.6 Å². The predicted molar refractivity (Wildman–Crippen MR) is 106 cm³/mol. The number of hydrogen-bond acceptors (Lipinski definition) is 7. The average Bonchev–Trinajstić information content (AvgIpc) is 3.37. The van der Waals surface area contributed by atoms with E-state index in [4.69, 9.17) is 0 Å². The highest BCUT2D eigenvalue weighted by atomic mass is 32.2. The van der Waals surface area contributed by atoms with Crippen LogP contribution < -0.4 is 10.6 Å². The molecule has 0 bridgehead atoms. The summed E-state index contributed by atoms with van der Waals surface area (Å²) in [5.41, 5.74) is 0.258. The number of halogens is 3. The lowest BCUT2D eigenvalue weighted by atomic mass is 10.2. The number of benzene rings is 1. The highest BCUT2D eigenvalue weighted by molar-refractivity contribution is 7.90. The summed E-state index contributed by atoms with van der Waals surface area (Å²) < 4.78 is 65.0. The standard InChI is InChI=1S/C18H19F3N6O2S/c1-30(28,29)7-6-27-15-11(9-23-27)14(5-4-13(15)19)25-18-22-8-12(16(20)21)17(26-18)24-10-2-3-10/h4-5,8-10,16H,2-3,6-7H2,1H3,(H2,22,24,25,26).